The second-order valence-electron chi connectivity index (χ2n) is 5.48. The number of likely N-dealkylation sites (tertiary alicyclic amines) is 1. The minimum absolute atomic E-state index is 0.0345. The maximum Gasteiger partial charge on any atom is 0.407 e. The first kappa shape index (κ1) is 15.7. The van der Waals surface area contributed by atoms with Gasteiger partial charge in [-0.05, 0) is 31.0 Å². The highest BCUT2D eigenvalue weighted by molar-refractivity contribution is 5.67. The Balaban J connectivity index is 2.08. The summed E-state index contributed by atoms with van der Waals surface area (Å²) in [5, 5.41) is 2.80. The number of halogens is 1. The maximum absolute atomic E-state index is 13.4. The molecule has 1 aromatic rings. The highest BCUT2D eigenvalue weighted by Gasteiger charge is 2.32. The van der Waals surface area contributed by atoms with Gasteiger partial charge in [0.25, 0.3) is 0 Å². The van der Waals surface area contributed by atoms with Gasteiger partial charge in [-0.3, -0.25) is 4.90 Å². The fourth-order valence-electron chi connectivity index (χ4n) is 2.92. The fraction of sp³-hybridized carbons (Fsp3) is 0.533. The largest absolute Gasteiger partial charge is 0.453 e. The summed E-state index contributed by atoms with van der Waals surface area (Å²) in [6.07, 6.45) is 0.401. The van der Waals surface area contributed by atoms with Crippen molar-refractivity contribution < 1.29 is 13.9 Å². The molecule has 1 aliphatic rings. The summed E-state index contributed by atoms with van der Waals surface area (Å²) in [5.74, 6) is -0.262. The molecule has 6 heteroatoms. The van der Waals surface area contributed by atoms with Crippen LogP contribution in [0.25, 0.3) is 0 Å². The molecule has 0 aromatic heterocycles. The van der Waals surface area contributed by atoms with Gasteiger partial charge >= 0.3 is 6.09 Å². The normalized spacial score (nSPS) is 21.8. The number of benzene rings is 1. The van der Waals surface area contributed by atoms with Crippen molar-refractivity contribution >= 4 is 6.09 Å². The molecular weight excluding hydrogens is 273 g/mol. The van der Waals surface area contributed by atoms with Gasteiger partial charge in [0, 0.05) is 31.2 Å². The molecule has 0 aliphatic carbocycles. The average molecular weight is 295 g/mol. The molecule has 1 aromatic carbocycles. The van der Waals surface area contributed by atoms with E-state index in [-0.39, 0.29) is 23.9 Å². The Hall–Kier alpha value is -1.66. The predicted octanol–water partition coefficient (Wildman–Crippen LogP) is 1.64. The number of carbonyl (C=O) groups excluding carboxylic acids is 1. The molecule has 1 amide bonds. The van der Waals surface area contributed by atoms with Crippen LogP contribution < -0.4 is 11.1 Å². The predicted molar refractivity (Wildman–Crippen MR) is 78.3 cm³/mol. The molecule has 0 radical (unpaired) electrons. The molecule has 3 N–H and O–H groups in total. The monoisotopic (exact) mass is 295 g/mol. The van der Waals surface area contributed by atoms with Crippen molar-refractivity contribution in [1.82, 2.24) is 10.2 Å². The summed E-state index contributed by atoms with van der Waals surface area (Å²) in [4.78, 5) is 13.4. The van der Waals surface area contributed by atoms with E-state index in [9.17, 15) is 9.18 Å². The van der Waals surface area contributed by atoms with Gasteiger partial charge in [-0.1, -0.05) is 12.1 Å². The van der Waals surface area contributed by atoms with Crippen LogP contribution in [0, 0.1) is 5.82 Å². The van der Waals surface area contributed by atoms with Crippen molar-refractivity contribution in [3.05, 3.63) is 35.6 Å². The molecule has 21 heavy (non-hydrogen) atoms. The van der Waals surface area contributed by atoms with Gasteiger partial charge in [0.1, 0.15) is 5.82 Å². The highest BCUT2D eigenvalue weighted by Crippen LogP contribution is 2.28. The molecule has 3 atom stereocenters. The summed E-state index contributed by atoms with van der Waals surface area (Å²) in [5.41, 5.74) is 6.96. The van der Waals surface area contributed by atoms with E-state index in [4.69, 9.17) is 5.73 Å². The van der Waals surface area contributed by atoms with Crippen molar-refractivity contribution in [2.75, 3.05) is 20.2 Å². The van der Waals surface area contributed by atoms with Crippen LogP contribution in [0.1, 0.15) is 24.9 Å². The summed E-state index contributed by atoms with van der Waals surface area (Å²) >= 11 is 0. The lowest BCUT2D eigenvalue weighted by Gasteiger charge is -2.31. The number of amides is 1. The molecule has 1 fully saturated rings. The number of alkyl carbamates (subject to hydrolysis) is 1. The second-order valence-corrected chi connectivity index (χ2v) is 5.48. The van der Waals surface area contributed by atoms with Crippen molar-refractivity contribution in [3.8, 4) is 0 Å². The van der Waals surface area contributed by atoms with Crippen molar-refractivity contribution in [3.63, 3.8) is 0 Å². The Morgan fingerprint density at radius 3 is 2.95 bits per heavy atom. The molecule has 5 nitrogen and oxygen atoms in total. The van der Waals surface area contributed by atoms with Crippen LogP contribution in [0.4, 0.5) is 9.18 Å². The third-order valence-corrected chi connectivity index (χ3v) is 3.81. The highest BCUT2D eigenvalue weighted by atomic mass is 19.1. The average Bonchev–Trinajstić information content (AvgIpc) is 2.86. The quantitative estimate of drug-likeness (QED) is 0.886. The Labute approximate surface area is 124 Å². The van der Waals surface area contributed by atoms with Crippen LogP contribution in [-0.4, -0.2) is 43.3 Å². The molecule has 1 heterocycles. The molecule has 1 aliphatic heterocycles. The topological polar surface area (TPSA) is 67.6 Å². The van der Waals surface area contributed by atoms with Crippen LogP contribution >= 0.6 is 0 Å². The Morgan fingerprint density at radius 2 is 2.33 bits per heavy atom. The standard InChI is InChI=1S/C15H22FN3O2/c1-10(17)14(11-4-3-5-12(16)8-11)19-7-6-13(9-19)18-15(20)21-2/h3-5,8,10,13-14H,6-7,9,17H2,1-2H3,(H,18,20). The lowest BCUT2D eigenvalue weighted by Crippen LogP contribution is -2.41. The van der Waals surface area contributed by atoms with Crippen molar-refractivity contribution in [1.29, 1.82) is 0 Å². The number of methoxy groups -OCH3 is 1. The zero-order valence-electron chi connectivity index (χ0n) is 12.4. The van der Waals surface area contributed by atoms with Gasteiger partial charge < -0.3 is 15.8 Å². The Kier molecular flexibility index (Phi) is 5.14. The molecule has 0 saturated carbocycles. The number of nitrogens with zero attached hydrogens (tertiary/aromatic N) is 1. The summed E-state index contributed by atoms with van der Waals surface area (Å²) in [6, 6.07) is 6.36. The van der Waals surface area contributed by atoms with Gasteiger partial charge in [-0.2, -0.15) is 0 Å². The van der Waals surface area contributed by atoms with Crippen LogP contribution in [0.15, 0.2) is 24.3 Å². The number of hydrogen-bond acceptors (Lipinski definition) is 4. The zero-order chi connectivity index (χ0) is 15.4. The van der Waals surface area contributed by atoms with Crippen LogP contribution in [0.3, 0.4) is 0 Å². The van der Waals surface area contributed by atoms with Gasteiger partial charge in [0.2, 0.25) is 0 Å². The molecule has 0 spiro atoms. The van der Waals surface area contributed by atoms with E-state index in [1.807, 2.05) is 13.0 Å². The number of carbonyl (C=O) groups is 1. The SMILES string of the molecule is COC(=O)NC1CCN(C(c2cccc(F)c2)C(C)N)C1. The first-order valence-corrected chi connectivity index (χ1v) is 7.11. The zero-order valence-corrected chi connectivity index (χ0v) is 12.4. The molecular formula is C15H22FN3O2. The van der Waals surface area contributed by atoms with Crippen molar-refractivity contribution in [2.24, 2.45) is 5.73 Å². The molecule has 2 rings (SSSR count). The first-order valence-electron chi connectivity index (χ1n) is 7.11. The molecule has 1 saturated heterocycles. The van der Waals surface area contributed by atoms with E-state index >= 15 is 0 Å². The summed E-state index contributed by atoms with van der Waals surface area (Å²) < 4.78 is 18.1. The number of ether oxygens (including phenoxy) is 1. The third kappa shape index (κ3) is 3.92. The number of nitrogens with one attached hydrogen (secondary N) is 1. The first-order chi connectivity index (χ1) is 10.0. The number of rotatable bonds is 4. The summed E-state index contributed by atoms with van der Waals surface area (Å²) in [7, 11) is 1.35. The van der Waals surface area contributed by atoms with Crippen LogP contribution in [-0.2, 0) is 4.74 Å². The van der Waals surface area contributed by atoms with E-state index < -0.39 is 6.09 Å². The van der Waals surface area contributed by atoms with E-state index in [0.29, 0.717) is 6.54 Å². The minimum atomic E-state index is -0.426. The molecule has 0 bridgehead atoms. The van der Waals surface area contributed by atoms with Gasteiger partial charge in [0.05, 0.1) is 7.11 Å². The van der Waals surface area contributed by atoms with E-state index in [2.05, 4.69) is 15.0 Å². The smallest absolute Gasteiger partial charge is 0.407 e. The summed E-state index contributed by atoms with van der Waals surface area (Å²) in [6.45, 7) is 3.39. The Bertz CT molecular complexity index is 496. The van der Waals surface area contributed by atoms with Gasteiger partial charge in [-0.15, -0.1) is 0 Å². The maximum atomic E-state index is 13.4. The molecule has 116 valence electrons. The number of nitrogens with two attached hydrogens (primary N) is 1. The Morgan fingerprint density at radius 1 is 1.57 bits per heavy atom. The lowest BCUT2D eigenvalue weighted by atomic mass is 9.99. The van der Waals surface area contributed by atoms with Crippen LogP contribution in [0.2, 0.25) is 0 Å². The van der Waals surface area contributed by atoms with Crippen molar-refractivity contribution in [2.45, 2.75) is 31.5 Å². The minimum Gasteiger partial charge on any atom is -0.453 e. The van der Waals surface area contributed by atoms with E-state index in [1.165, 1.54) is 19.2 Å². The van der Waals surface area contributed by atoms with Gasteiger partial charge in [-0.25, -0.2) is 9.18 Å². The third-order valence-electron chi connectivity index (χ3n) is 3.81. The van der Waals surface area contributed by atoms with Crippen LogP contribution in [0.5, 0.6) is 0 Å². The number of hydrogen-bond donors (Lipinski definition) is 2. The second kappa shape index (κ2) is 6.87. The molecule has 3 unspecified atom stereocenters. The van der Waals surface area contributed by atoms with E-state index in [0.717, 1.165) is 18.5 Å². The lowest BCUT2D eigenvalue weighted by molar-refractivity contribution is 0.164. The fourth-order valence-corrected chi connectivity index (χ4v) is 2.92. The van der Waals surface area contributed by atoms with Gasteiger partial charge in [0.15, 0.2) is 0 Å². The van der Waals surface area contributed by atoms with E-state index in [1.54, 1.807) is 6.07 Å².